The zero-order valence-electron chi connectivity index (χ0n) is 17.1. The summed E-state index contributed by atoms with van der Waals surface area (Å²) in [5, 5.41) is 4.41. The van der Waals surface area contributed by atoms with Gasteiger partial charge in [-0.2, -0.15) is 9.52 Å². The van der Waals surface area contributed by atoms with Gasteiger partial charge in [0.15, 0.2) is 0 Å². The highest BCUT2D eigenvalue weighted by Crippen LogP contribution is 2.37. The maximum absolute atomic E-state index is 12.7. The normalized spacial score (nSPS) is 17.0. The van der Waals surface area contributed by atoms with Gasteiger partial charge in [0.2, 0.25) is 20.0 Å². The maximum atomic E-state index is 12.7. The molecule has 30 heavy (non-hydrogen) atoms. The SMILES string of the molecule is CCS(=O)(=O)Nc1ccccc1C1=NN(S(=O)(=O)CC)[C@H](c2ccc(OC)cc2)C1. The van der Waals surface area contributed by atoms with E-state index in [1.54, 1.807) is 57.4 Å². The van der Waals surface area contributed by atoms with Gasteiger partial charge in [-0.05, 0) is 37.6 Å². The fourth-order valence-electron chi connectivity index (χ4n) is 3.18. The molecule has 0 unspecified atom stereocenters. The number of methoxy groups -OCH3 is 1. The smallest absolute Gasteiger partial charge is 0.250 e. The van der Waals surface area contributed by atoms with Gasteiger partial charge in [-0.25, -0.2) is 16.8 Å². The van der Waals surface area contributed by atoms with E-state index in [0.717, 1.165) is 9.98 Å². The molecule has 2 aromatic carbocycles. The summed E-state index contributed by atoms with van der Waals surface area (Å²) < 4.78 is 58.5. The van der Waals surface area contributed by atoms with Crippen molar-refractivity contribution in [1.29, 1.82) is 0 Å². The van der Waals surface area contributed by atoms with Crippen molar-refractivity contribution in [3.8, 4) is 5.75 Å². The Bertz CT molecular complexity index is 1140. The zero-order chi connectivity index (χ0) is 21.9. The predicted octanol–water partition coefficient (Wildman–Crippen LogP) is 2.96. The van der Waals surface area contributed by atoms with Crippen LogP contribution in [0.5, 0.6) is 5.75 Å². The lowest BCUT2D eigenvalue weighted by molar-refractivity contribution is 0.371. The average Bonchev–Trinajstić information content (AvgIpc) is 3.20. The van der Waals surface area contributed by atoms with Gasteiger partial charge in [0.1, 0.15) is 5.75 Å². The Balaban J connectivity index is 2.04. The van der Waals surface area contributed by atoms with Crippen molar-refractivity contribution in [3.63, 3.8) is 0 Å². The number of nitrogens with zero attached hydrogens (tertiary/aromatic N) is 2. The lowest BCUT2D eigenvalue weighted by Gasteiger charge is -2.22. The molecule has 8 nitrogen and oxygen atoms in total. The minimum atomic E-state index is -3.63. The second kappa shape index (κ2) is 8.65. The largest absolute Gasteiger partial charge is 0.497 e. The first-order valence-electron chi connectivity index (χ1n) is 9.54. The Hall–Kier alpha value is -2.59. The first-order chi connectivity index (χ1) is 14.2. The summed E-state index contributed by atoms with van der Waals surface area (Å²) in [7, 11) is -5.56. The van der Waals surface area contributed by atoms with Gasteiger partial charge in [0, 0.05) is 12.0 Å². The van der Waals surface area contributed by atoms with Crippen LogP contribution in [0.4, 0.5) is 5.69 Å². The molecule has 0 saturated heterocycles. The van der Waals surface area contributed by atoms with E-state index in [0.29, 0.717) is 29.1 Å². The summed E-state index contributed by atoms with van der Waals surface area (Å²) in [5.41, 5.74) is 2.21. The highest BCUT2D eigenvalue weighted by Gasteiger charge is 2.36. The van der Waals surface area contributed by atoms with Crippen LogP contribution >= 0.6 is 0 Å². The number of para-hydroxylation sites is 1. The van der Waals surface area contributed by atoms with E-state index in [-0.39, 0.29) is 11.5 Å². The van der Waals surface area contributed by atoms with Crippen LogP contribution in [0.3, 0.4) is 0 Å². The minimum Gasteiger partial charge on any atom is -0.497 e. The van der Waals surface area contributed by atoms with Gasteiger partial charge >= 0.3 is 0 Å². The number of hydrazone groups is 1. The van der Waals surface area contributed by atoms with Crippen molar-refractivity contribution in [2.45, 2.75) is 26.3 Å². The molecule has 1 N–H and O–H groups in total. The number of hydrogen-bond donors (Lipinski definition) is 1. The van der Waals surface area contributed by atoms with E-state index in [1.165, 1.54) is 0 Å². The number of sulfonamides is 2. The molecule has 0 aromatic heterocycles. The van der Waals surface area contributed by atoms with Crippen LogP contribution in [0.25, 0.3) is 0 Å². The van der Waals surface area contributed by atoms with Crippen molar-refractivity contribution in [2.24, 2.45) is 5.10 Å². The third-order valence-corrected chi connectivity index (χ3v) is 7.83. The van der Waals surface area contributed by atoms with E-state index in [2.05, 4.69) is 9.82 Å². The summed E-state index contributed by atoms with van der Waals surface area (Å²) >= 11 is 0. The standard InChI is InChI=1S/C20H25N3O5S2/c1-4-29(24,25)22-18-9-7-6-8-17(18)19-14-20(23(21-19)30(26,27)5-2)15-10-12-16(28-3)13-11-15/h6-13,20,22H,4-5,14H2,1-3H3/t20-/m0/s1. The van der Waals surface area contributed by atoms with E-state index in [9.17, 15) is 16.8 Å². The number of benzene rings is 2. The molecule has 0 amide bonds. The summed E-state index contributed by atoms with van der Waals surface area (Å²) in [6.07, 6.45) is 0.316. The Kier molecular flexibility index (Phi) is 6.37. The summed E-state index contributed by atoms with van der Waals surface area (Å²) in [4.78, 5) is 0. The molecule has 162 valence electrons. The lowest BCUT2D eigenvalue weighted by atomic mass is 9.98. The molecule has 0 radical (unpaired) electrons. The summed E-state index contributed by atoms with van der Waals surface area (Å²) in [5.74, 6) is 0.501. The second-order valence-electron chi connectivity index (χ2n) is 6.76. The van der Waals surface area contributed by atoms with Crippen LogP contribution in [-0.2, 0) is 20.0 Å². The number of hydrogen-bond acceptors (Lipinski definition) is 6. The van der Waals surface area contributed by atoms with Gasteiger partial charge in [-0.3, -0.25) is 4.72 Å². The van der Waals surface area contributed by atoms with Gasteiger partial charge in [0.05, 0.1) is 36.1 Å². The molecule has 0 aliphatic carbocycles. The molecule has 3 rings (SSSR count). The second-order valence-corrected chi connectivity index (χ2v) is 10.9. The third kappa shape index (κ3) is 4.59. The van der Waals surface area contributed by atoms with Crippen molar-refractivity contribution < 1.29 is 21.6 Å². The van der Waals surface area contributed by atoms with Crippen molar-refractivity contribution in [1.82, 2.24) is 4.41 Å². The van der Waals surface area contributed by atoms with Crippen LogP contribution in [0.15, 0.2) is 53.6 Å². The van der Waals surface area contributed by atoms with E-state index in [1.807, 2.05) is 12.1 Å². The molecule has 1 heterocycles. The van der Waals surface area contributed by atoms with Gasteiger partial charge in [-0.1, -0.05) is 30.3 Å². The molecule has 0 saturated carbocycles. The maximum Gasteiger partial charge on any atom is 0.250 e. The van der Waals surface area contributed by atoms with Crippen LogP contribution in [0.2, 0.25) is 0 Å². The quantitative estimate of drug-likeness (QED) is 0.664. The Labute approximate surface area is 177 Å². The van der Waals surface area contributed by atoms with Crippen LogP contribution in [-0.4, -0.2) is 45.6 Å². The highest BCUT2D eigenvalue weighted by atomic mass is 32.2. The predicted molar refractivity (Wildman–Crippen MR) is 118 cm³/mol. The highest BCUT2D eigenvalue weighted by molar-refractivity contribution is 7.92. The van der Waals surface area contributed by atoms with E-state index in [4.69, 9.17) is 4.74 Å². The molecule has 2 aromatic rings. The van der Waals surface area contributed by atoms with Gasteiger partial charge in [-0.15, -0.1) is 0 Å². The molecule has 1 aliphatic heterocycles. The van der Waals surface area contributed by atoms with Crippen molar-refractivity contribution in [2.75, 3.05) is 23.3 Å². The molecule has 0 fully saturated rings. The third-order valence-electron chi connectivity index (χ3n) is 4.91. The van der Waals surface area contributed by atoms with E-state index < -0.39 is 26.1 Å². The Morgan fingerprint density at radius 2 is 1.70 bits per heavy atom. The Morgan fingerprint density at radius 1 is 1.03 bits per heavy atom. The topological polar surface area (TPSA) is 105 Å². The fraction of sp³-hybridized carbons (Fsp3) is 0.350. The monoisotopic (exact) mass is 451 g/mol. The summed E-state index contributed by atoms with van der Waals surface area (Å²) in [6, 6.07) is 13.5. The van der Waals surface area contributed by atoms with Crippen LogP contribution in [0.1, 0.15) is 37.4 Å². The van der Waals surface area contributed by atoms with Crippen molar-refractivity contribution in [3.05, 3.63) is 59.7 Å². The molecule has 10 heteroatoms. The lowest BCUT2D eigenvalue weighted by Crippen LogP contribution is -2.28. The average molecular weight is 452 g/mol. The van der Waals surface area contributed by atoms with Crippen molar-refractivity contribution >= 4 is 31.4 Å². The zero-order valence-corrected chi connectivity index (χ0v) is 18.7. The molecular formula is C20H25N3O5S2. The minimum absolute atomic E-state index is 0.0708. The fourth-order valence-corrected chi connectivity index (χ4v) is 4.91. The first kappa shape index (κ1) is 22.1. The number of anilines is 1. The number of rotatable bonds is 8. The van der Waals surface area contributed by atoms with Gasteiger partial charge < -0.3 is 4.74 Å². The van der Waals surface area contributed by atoms with Crippen LogP contribution in [0, 0.1) is 0 Å². The molecule has 0 spiro atoms. The number of nitrogens with one attached hydrogen (secondary N) is 1. The van der Waals surface area contributed by atoms with E-state index >= 15 is 0 Å². The van der Waals surface area contributed by atoms with Crippen LogP contribution < -0.4 is 9.46 Å². The molecule has 1 aliphatic rings. The first-order valence-corrected chi connectivity index (χ1v) is 12.8. The molecule has 1 atom stereocenters. The molecule has 0 bridgehead atoms. The molecular weight excluding hydrogens is 426 g/mol. The Morgan fingerprint density at radius 3 is 2.30 bits per heavy atom. The number of ether oxygens (including phenoxy) is 1. The summed E-state index contributed by atoms with van der Waals surface area (Å²) in [6.45, 7) is 3.12. The van der Waals surface area contributed by atoms with Gasteiger partial charge in [0.25, 0.3) is 0 Å².